The van der Waals surface area contributed by atoms with Crippen molar-refractivity contribution in [3.05, 3.63) is 65.9 Å². The molecule has 2 aromatic heterocycles. The lowest BCUT2D eigenvalue weighted by atomic mass is 10.1. The Morgan fingerprint density at radius 2 is 1.76 bits per heavy atom. The Hall–Kier alpha value is -2.79. The molecule has 11 heteroatoms. The van der Waals surface area contributed by atoms with E-state index in [2.05, 4.69) is 39.9 Å². The van der Waals surface area contributed by atoms with Gasteiger partial charge in [0.2, 0.25) is 5.82 Å². The molecule has 0 bridgehead atoms. The number of aromatic nitrogens is 5. The molecule has 0 fully saturated rings. The molecule has 0 aliphatic rings. The molecule has 33 heavy (non-hydrogen) atoms. The highest BCUT2D eigenvalue weighted by Crippen LogP contribution is 2.35. The Morgan fingerprint density at radius 1 is 1.03 bits per heavy atom. The van der Waals surface area contributed by atoms with E-state index in [1.165, 1.54) is 17.8 Å². The summed E-state index contributed by atoms with van der Waals surface area (Å²) in [6.07, 6.45) is -2.63. The summed E-state index contributed by atoms with van der Waals surface area (Å²) < 4.78 is 57.0. The smallest absolute Gasteiger partial charge is 0.255 e. The summed E-state index contributed by atoms with van der Waals surface area (Å²) in [5.74, 6) is -1.67. The van der Waals surface area contributed by atoms with Crippen molar-refractivity contribution in [2.75, 3.05) is 0 Å². The van der Waals surface area contributed by atoms with Gasteiger partial charge in [0.05, 0.1) is 14.3 Å². The van der Waals surface area contributed by atoms with Gasteiger partial charge >= 0.3 is 6.18 Å². The molecule has 172 valence electrons. The van der Waals surface area contributed by atoms with Crippen LogP contribution in [0.15, 0.2) is 53.6 Å². The Bertz CT molecular complexity index is 1290. The molecular weight excluding hydrogens is 470 g/mol. The molecule has 2 aromatic carbocycles. The van der Waals surface area contributed by atoms with Gasteiger partial charge in [-0.3, -0.25) is 4.68 Å². The summed E-state index contributed by atoms with van der Waals surface area (Å²) >= 11 is 1.38. The first-order valence-electron chi connectivity index (χ1n) is 10.2. The molecule has 0 saturated carbocycles. The number of fused-ring (bicyclic) bond motifs is 1. The second kappa shape index (κ2) is 8.86. The monoisotopic (exact) mass is 491 g/mol. The third-order valence-corrected chi connectivity index (χ3v) is 6.97. The highest BCUT2D eigenvalue weighted by Gasteiger charge is 2.36. The Balaban J connectivity index is 1.81. The van der Waals surface area contributed by atoms with Gasteiger partial charge in [0, 0.05) is 22.2 Å². The molecule has 0 saturated heterocycles. The first-order chi connectivity index (χ1) is 15.5. The summed E-state index contributed by atoms with van der Waals surface area (Å²) in [6, 6.07) is 12.4. The molecule has 0 unspecified atom stereocenters. The molecule has 0 N–H and O–H groups in total. The largest absolute Gasteiger partial charge is 0.451 e. The summed E-state index contributed by atoms with van der Waals surface area (Å²) in [5.41, 5.74) is 0.711. The van der Waals surface area contributed by atoms with Crippen LogP contribution in [0.1, 0.15) is 11.4 Å². The fourth-order valence-corrected chi connectivity index (χ4v) is 5.32. The highest BCUT2D eigenvalue weighted by atomic mass is 32.2. The van der Waals surface area contributed by atoms with Crippen LogP contribution in [-0.2, 0) is 18.1 Å². The van der Waals surface area contributed by atoms with Crippen molar-refractivity contribution < 1.29 is 17.6 Å². The van der Waals surface area contributed by atoms with E-state index in [1.54, 1.807) is 16.9 Å². The lowest BCUT2D eigenvalue weighted by molar-refractivity contribution is -0.144. The Labute approximate surface area is 193 Å². The van der Waals surface area contributed by atoms with E-state index >= 15 is 0 Å². The van der Waals surface area contributed by atoms with Crippen LogP contribution in [0.5, 0.6) is 0 Å². The topological polar surface area (TPSA) is 56.5 Å². The van der Waals surface area contributed by atoms with Crippen molar-refractivity contribution in [3.63, 3.8) is 0 Å². The molecule has 5 nitrogen and oxygen atoms in total. The van der Waals surface area contributed by atoms with E-state index in [4.69, 9.17) is 0 Å². The SMILES string of the molecule is C[Si](C)(C)Cn1cc(-c2nc(C(F)(F)F)nc3c(F)cc(SCc4ccccc4)cc23)nn1. The van der Waals surface area contributed by atoms with Crippen LogP contribution in [0.4, 0.5) is 17.6 Å². The van der Waals surface area contributed by atoms with Gasteiger partial charge in [-0.15, -0.1) is 16.9 Å². The molecule has 2 heterocycles. The zero-order valence-electron chi connectivity index (χ0n) is 18.2. The predicted octanol–water partition coefficient (Wildman–Crippen LogP) is 6.22. The maximum atomic E-state index is 15.0. The third kappa shape index (κ3) is 5.59. The van der Waals surface area contributed by atoms with E-state index in [1.807, 2.05) is 30.3 Å². The van der Waals surface area contributed by atoms with E-state index in [0.29, 0.717) is 16.8 Å². The molecule has 0 atom stereocenters. The van der Waals surface area contributed by atoms with E-state index < -0.39 is 31.4 Å². The molecule has 4 aromatic rings. The predicted molar refractivity (Wildman–Crippen MR) is 123 cm³/mol. The third-order valence-electron chi connectivity index (χ3n) is 4.65. The standard InChI is InChI=1S/C22H21F4N5SSi/c1-33(2,3)13-31-11-18(29-30-31)20-16-9-15(32-12-14-7-5-4-6-8-14)10-17(23)19(16)27-21(28-20)22(24,25)26/h4-11H,12-13H2,1-3H3. The maximum Gasteiger partial charge on any atom is 0.451 e. The van der Waals surface area contributed by atoms with Crippen molar-refractivity contribution in [1.29, 1.82) is 0 Å². The summed E-state index contributed by atoms with van der Waals surface area (Å²) in [7, 11) is -1.56. The first kappa shape index (κ1) is 23.4. The number of hydrogen-bond donors (Lipinski definition) is 0. The van der Waals surface area contributed by atoms with Crippen molar-refractivity contribution in [3.8, 4) is 11.4 Å². The van der Waals surface area contributed by atoms with Crippen LogP contribution >= 0.6 is 11.8 Å². The lowest BCUT2D eigenvalue weighted by Gasteiger charge is -2.14. The zero-order valence-corrected chi connectivity index (χ0v) is 20.0. The van der Waals surface area contributed by atoms with Crippen molar-refractivity contribution in [2.45, 2.75) is 42.6 Å². The fraction of sp³-hybridized carbons (Fsp3) is 0.273. The second-order valence-corrected chi connectivity index (χ2v) is 15.3. The van der Waals surface area contributed by atoms with E-state index in [-0.39, 0.29) is 16.8 Å². The van der Waals surface area contributed by atoms with Crippen molar-refractivity contribution >= 4 is 30.7 Å². The fourth-order valence-electron chi connectivity index (χ4n) is 3.28. The Morgan fingerprint density at radius 3 is 2.42 bits per heavy atom. The normalized spacial score (nSPS) is 12.5. The average molecular weight is 492 g/mol. The second-order valence-electron chi connectivity index (χ2n) is 8.83. The molecular formula is C22H21F4N5SSi. The number of rotatable bonds is 6. The van der Waals surface area contributed by atoms with Gasteiger partial charge in [-0.25, -0.2) is 14.4 Å². The average Bonchev–Trinajstić information content (AvgIpc) is 3.18. The van der Waals surface area contributed by atoms with Gasteiger partial charge in [-0.2, -0.15) is 13.2 Å². The maximum absolute atomic E-state index is 15.0. The molecule has 0 aliphatic heterocycles. The summed E-state index contributed by atoms with van der Waals surface area (Å²) in [5, 5.41) is 8.27. The van der Waals surface area contributed by atoms with Crippen molar-refractivity contribution in [2.24, 2.45) is 0 Å². The summed E-state index contributed by atoms with van der Waals surface area (Å²) in [6.45, 7) is 6.42. The van der Waals surface area contributed by atoms with Gasteiger partial charge < -0.3 is 0 Å². The quantitative estimate of drug-likeness (QED) is 0.182. The number of alkyl halides is 3. The molecule has 0 spiro atoms. The van der Waals surface area contributed by atoms with Gasteiger partial charge in [-0.1, -0.05) is 55.2 Å². The first-order valence-corrected chi connectivity index (χ1v) is 14.8. The minimum absolute atomic E-state index is 0.0878. The number of thioether (sulfide) groups is 1. The van der Waals surface area contributed by atoms with Gasteiger partial charge in [0.1, 0.15) is 16.9 Å². The molecule has 4 rings (SSSR count). The lowest BCUT2D eigenvalue weighted by Crippen LogP contribution is -2.28. The van der Waals surface area contributed by atoms with Crippen LogP contribution < -0.4 is 0 Å². The summed E-state index contributed by atoms with van der Waals surface area (Å²) in [4.78, 5) is 7.78. The number of nitrogens with zero attached hydrogens (tertiary/aromatic N) is 5. The number of hydrogen-bond acceptors (Lipinski definition) is 5. The van der Waals surface area contributed by atoms with Gasteiger partial charge in [-0.05, 0) is 17.7 Å². The molecule has 0 aliphatic carbocycles. The van der Waals surface area contributed by atoms with E-state index in [0.717, 1.165) is 5.56 Å². The molecule has 0 radical (unpaired) electrons. The van der Waals surface area contributed by atoms with Crippen LogP contribution in [0, 0.1) is 5.82 Å². The minimum atomic E-state index is -4.83. The van der Waals surface area contributed by atoms with Crippen LogP contribution in [0.3, 0.4) is 0 Å². The van der Waals surface area contributed by atoms with E-state index in [9.17, 15) is 17.6 Å². The van der Waals surface area contributed by atoms with Gasteiger partial charge in [0.25, 0.3) is 0 Å². The number of benzene rings is 2. The van der Waals surface area contributed by atoms with Crippen LogP contribution in [-0.4, -0.2) is 33.0 Å². The Kier molecular flexibility index (Phi) is 6.28. The minimum Gasteiger partial charge on any atom is -0.255 e. The van der Waals surface area contributed by atoms with Gasteiger partial charge in [0.15, 0.2) is 5.82 Å². The van der Waals surface area contributed by atoms with Crippen molar-refractivity contribution in [1.82, 2.24) is 25.0 Å². The van der Waals surface area contributed by atoms with Crippen LogP contribution in [0.2, 0.25) is 19.6 Å². The zero-order chi connectivity index (χ0) is 23.8. The van der Waals surface area contributed by atoms with Crippen LogP contribution in [0.25, 0.3) is 22.3 Å². The number of halogens is 4. The molecule has 0 amide bonds. The highest BCUT2D eigenvalue weighted by molar-refractivity contribution is 7.98.